The number of nitrogens with zero attached hydrogens (tertiary/aromatic N) is 2. The number of esters is 1. The maximum absolute atomic E-state index is 12.8. The molecule has 0 spiro atoms. The fourth-order valence-corrected chi connectivity index (χ4v) is 4.35. The van der Waals surface area contributed by atoms with Gasteiger partial charge in [0.15, 0.2) is 16.3 Å². The SMILES string of the molecule is COC(=O)Cn1c(=NC(=O)Cc2ccc(OC)c(OC)c2)sc2c(OC)ccc(OC)c21. The molecule has 0 fully saturated rings. The van der Waals surface area contributed by atoms with E-state index >= 15 is 0 Å². The van der Waals surface area contributed by atoms with Gasteiger partial charge in [0.2, 0.25) is 0 Å². The second kappa shape index (κ2) is 10.2. The van der Waals surface area contributed by atoms with Gasteiger partial charge in [0.05, 0.1) is 42.0 Å². The van der Waals surface area contributed by atoms with E-state index in [4.69, 9.17) is 23.7 Å². The van der Waals surface area contributed by atoms with Gasteiger partial charge in [0.1, 0.15) is 28.3 Å². The van der Waals surface area contributed by atoms with E-state index in [1.807, 2.05) is 0 Å². The van der Waals surface area contributed by atoms with Gasteiger partial charge >= 0.3 is 5.97 Å². The van der Waals surface area contributed by atoms with Gasteiger partial charge in [-0.15, -0.1) is 0 Å². The average Bonchev–Trinajstić information content (AvgIpc) is 3.15. The summed E-state index contributed by atoms with van der Waals surface area (Å²) in [7, 11) is 7.45. The van der Waals surface area contributed by atoms with Crippen molar-refractivity contribution in [2.45, 2.75) is 13.0 Å². The standard InChI is InChI=1S/C22H24N2O7S/c1-27-14-7-6-13(10-17(14)30-4)11-18(25)23-22-24(12-19(26)31-5)20-15(28-2)8-9-16(29-3)21(20)32-22/h6-10H,11-12H2,1-5H3. The van der Waals surface area contributed by atoms with Crippen molar-refractivity contribution in [1.29, 1.82) is 0 Å². The molecule has 1 aromatic heterocycles. The number of carbonyl (C=O) groups excluding carboxylic acids is 2. The molecule has 1 amide bonds. The highest BCUT2D eigenvalue weighted by Crippen LogP contribution is 2.35. The fraction of sp³-hybridized carbons (Fsp3) is 0.318. The van der Waals surface area contributed by atoms with E-state index in [-0.39, 0.29) is 18.9 Å². The molecule has 0 aliphatic carbocycles. The van der Waals surface area contributed by atoms with Gasteiger partial charge in [0.25, 0.3) is 5.91 Å². The lowest BCUT2D eigenvalue weighted by atomic mass is 10.1. The molecule has 0 radical (unpaired) electrons. The van der Waals surface area contributed by atoms with E-state index in [0.717, 1.165) is 0 Å². The number of aromatic nitrogens is 1. The summed E-state index contributed by atoms with van der Waals surface area (Å²) in [5.74, 6) is 1.33. The summed E-state index contributed by atoms with van der Waals surface area (Å²) in [6.07, 6.45) is 0.0428. The van der Waals surface area contributed by atoms with Crippen LogP contribution in [0.25, 0.3) is 10.2 Å². The molecular weight excluding hydrogens is 436 g/mol. The molecule has 0 unspecified atom stereocenters. The van der Waals surface area contributed by atoms with E-state index in [1.54, 1.807) is 49.1 Å². The Balaban J connectivity index is 2.09. The largest absolute Gasteiger partial charge is 0.495 e. The van der Waals surface area contributed by atoms with Gasteiger partial charge in [-0.05, 0) is 29.8 Å². The Labute approximate surface area is 188 Å². The fourth-order valence-electron chi connectivity index (χ4n) is 3.19. The number of thiazole rings is 1. The first-order valence-electron chi connectivity index (χ1n) is 9.55. The third-order valence-corrected chi connectivity index (χ3v) is 5.82. The summed E-state index contributed by atoms with van der Waals surface area (Å²) < 4.78 is 28.6. The summed E-state index contributed by atoms with van der Waals surface area (Å²) in [5.41, 5.74) is 1.31. The molecule has 0 aliphatic rings. The van der Waals surface area contributed by atoms with E-state index in [1.165, 1.54) is 32.7 Å². The third-order valence-electron chi connectivity index (χ3n) is 4.73. The van der Waals surface area contributed by atoms with Crippen LogP contribution in [0, 0.1) is 0 Å². The predicted octanol–water partition coefficient (Wildman–Crippen LogP) is 2.58. The lowest BCUT2D eigenvalue weighted by Gasteiger charge is -2.09. The lowest BCUT2D eigenvalue weighted by molar-refractivity contribution is -0.141. The topological polar surface area (TPSA) is 97.6 Å². The second-order valence-electron chi connectivity index (χ2n) is 6.57. The summed E-state index contributed by atoms with van der Waals surface area (Å²) in [6.45, 7) is -0.136. The normalized spacial score (nSPS) is 11.3. The molecule has 0 N–H and O–H groups in total. The minimum Gasteiger partial charge on any atom is -0.495 e. The Kier molecular flexibility index (Phi) is 7.37. The molecular formula is C22H24N2O7S. The highest BCUT2D eigenvalue weighted by atomic mass is 32.1. The van der Waals surface area contributed by atoms with E-state index in [9.17, 15) is 9.59 Å². The van der Waals surface area contributed by atoms with Crippen LogP contribution in [0.3, 0.4) is 0 Å². The molecule has 0 saturated carbocycles. The first kappa shape index (κ1) is 23.1. The van der Waals surface area contributed by atoms with Crippen molar-refractivity contribution in [2.75, 3.05) is 35.5 Å². The molecule has 10 heteroatoms. The number of hydrogen-bond donors (Lipinski definition) is 0. The molecule has 32 heavy (non-hydrogen) atoms. The Morgan fingerprint density at radius 2 is 1.50 bits per heavy atom. The smallest absolute Gasteiger partial charge is 0.325 e. The van der Waals surface area contributed by atoms with Crippen LogP contribution in [0.15, 0.2) is 35.3 Å². The number of amides is 1. The van der Waals surface area contributed by atoms with E-state index in [2.05, 4.69) is 4.99 Å². The van der Waals surface area contributed by atoms with Gasteiger partial charge in [0, 0.05) is 0 Å². The van der Waals surface area contributed by atoms with Gasteiger partial charge < -0.3 is 28.3 Å². The Hall–Kier alpha value is -3.53. The summed E-state index contributed by atoms with van der Waals surface area (Å²) in [4.78, 5) is 29.5. The zero-order valence-electron chi connectivity index (χ0n) is 18.5. The van der Waals surface area contributed by atoms with Crippen molar-refractivity contribution in [3.8, 4) is 23.0 Å². The van der Waals surface area contributed by atoms with Crippen LogP contribution >= 0.6 is 11.3 Å². The van der Waals surface area contributed by atoms with Crippen molar-refractivity contribution < 1.29 is 33.3 Å². The molecule has 3 rings (SSSR count). The lowest BCUT2D eigenvalue weighted by Crippen LogP contribution is -2.23. The van der Waals surface area contributed by atoms with Crippen molar-refractivity contribution in [3.05, 3.63) is 40.7 Å². The van der Waals surface area contributed by atoms with Crippen LogP contribution in [0.4, 0.5) is 0 Å². The van der Waals surface area contributed by atoms with Gasteiger partial charge in [-0.1, -0.05) is 17.4 Å². The maximum Gasteiger partial charge on any atom is 0.325 e. The quantitative estimate of drug-likeness (QED) is 0.477. The first-order valence-corrected chi connectivity index (χ1v) is 10.4. The Bertz CT molecular complexity index is 1210. The molecule has 9 nitrogen and oxygen atoms in total. The average molecular weight is 461 g/mol. The van der Waals surface area contributed by atoms with E-state index < -0.39 is 5.97 Å². The first-order chi connectivity index (χ1) is 15.4. The van der Waals surface area contributed by atoms with Crippen LogP contribution in [-0.4, -0.2) is 52.0 Å². The highest BCUT2D eigenvalue weighted by molar-refractivity contribution is 7.16. The van der Waals surface area contributed by atoms with Crippen LogP contribution < -0.4 is 23.7 Å². The molecule has 0 aliphatic heterocycles. The number of ether oxygens (including phenoxy) is 5. The third kappa shape index (κ3) is 4.70. The van der Waals surface area contributed by atoms with Crippen LogP contribution in [-0.2, 0) is 27.3 Å². The number of fused-ring (bicyclic) bond motifs is 1. The number of methoxy groups -OCH3 is 5. The molecule has 3 aromatic rings. The minimum absolute atomic E-state index is 0.0428. The maximum atomic E-state index is 12.8. The van der Waals surface area contributed by atoms with Gasteiger partial charge in [-0.25, -0.2) is 0 Å². The Morgan fingerprint density at radius 3 is 2.12 bits per heavy atom. The number of benzene rings is 2. The molecule has 1 heterocycles. The van der Waals surface area contributed by atoms with Crippen LogP contribution in [0.1, 0.15) is 5.56 Å². The van der Waals surface area contributed by atoms with Crippen LogP contribution in [0.5, 0.6) is 23.0 Å². The predicted molar refractivity (Wildman–Crippen MR) is 119 cm³/mol. The van der Waals surface area contributed by atoms with Crippen molar-refractivity contribution >= 4 is 33.4 Å². The number of hydrogen-bond acceptors (Lipinski definition) is 8. The molecule has 170 valence electrons. The molecule has 0 bridgehead atoms. The summed E-state index contributed by atoms with van der Waals surface area (Å²) in [5, 5.41) is 0. The van der Waals surface area contributed by atoms with Gasteiger partial charge in [-0.3, -0.25) is 9.59 Å². The zero-order valence-corrected chi connectivity index (χ0v) is 19.3. The van der Waals surface area contributed by atoms with Crippen molar-refractivity contribution in [1.82, 2.24) is 4.57 Å². The van der Waals surface area contributed by atoms with Crippen molar-refractivity contribution in [2.24, 2.45) is 4.99 Å². The summed E-state index contributed by atoms with van der Waals surface area (Å²) in [6, 6.07) is 8.72. The second-order valence-corrected chi connectivity index (χ2v) is 7.54. The van der Waals surface area contributed by atoms with Crippen LogP contribution in [0.2, 0.25) is 0 Å². The number of rotatable bonds is 8. The summed E-state index contributed by atoms with van der Waals surface area (Å²) >= 11 is 1.23. The van der Waals surface area contributed by atoms with E-state index in [0.29, 0.717) is 43.6 Å². The molecule has 0 saturated heterocycles. The van der Waals surface area contributed by atoms with Crippen molar-refractivity contribution in [3.63, 3.8) is 0 Å². The minimum atomic E-state index is -0.483. The molecule has 0 atom stereocenters. The zero-order chi connectivity index (χ0) is 23.3. The molecule has 2 aromatic carbocycles. The Morgan fingerprint density at radius 1 is 0.875 bits per heavy atom. The monoisotopic (exact) mass is 460 g/mol. The number of carbonyl (C=O) groups is 2. The van der Waals surface area contributed by atoms with Gasteiger partial charge in [-0.2, -0.15) is 4.99 Å². The highest BCUT2D eigenvalue weighted by Gasteiger charge is 2.19.